The number of halogens is 2. The highest BCUT2D eigenvalue weighted by Gasteiger charge is 2.10. The second kappa shape index (κ2) is 4.68. The summed E-state index contributed by atoms with van der Waals surface area (Å²) in [5, 5.41) is 8.56. The summed E-state index contributed by atoms with van der Waals surface area (Å²) in [5.41, 5.74) is 0.351. The first kappa shape index (κ1) is 11.4. The normalized spacial score (nSPS) is 10.4. The molecule has 1 heterocycles. The maximum Gasteiger partial charge on any atom is 0.354 e. The van der Waals surface area contributed by atoms with Gasteiger partial charge in [0.15, 0.2) is 0 Å². The summed E-state index contributed by atoms with van der Waals surface area (Å²) in [4.78, 5) is 15.4. The molecule has 0 fully saturated rings. The molecule has 0 saturated carbocycles. The van der Waals surface area contributed by atoms with Gasteiger partial charge in [0.25, 0.3) is 6.43 Å². The van der Waals surface area contributed by atoms with E-state index >= 15 is 0 Å². The van der Waals surface area contributed by atoms with Gasteiger partial charge in [0.1, 0.15) is 5.69 Å². The molecule has 0 amide bonds. The zero-order valence-corrected chi connectivity index (χ0v) is 8.02. The van der Waals surface area contributed by atoms with Crippen molar-refractivity contribution in [3.63, 3.8) is 0 Å². The lowest BCUT2D eigenvalue weighted by Gasteiger charge is -2.17. The Morgan fingerprint density at radius 1 is 1.60 bits per heavy atom. The van der Waals surface area contributed by atoms with Gasteiger partial charge in [0.05, 0.1) is 18.4 Å². The van der Waals surface area contributed by atoms with E-state index in [0.29, 0.717) is 5.69 Å². The lowest BCUT2D eigenvalue weighted by Crippen LogP contribution is -2.24. The highest BCUT2D eigenvalue weighted by Crippen LogP contribution is 2.12. The fourth-order valence-corrected chi connectivity index (χ4v) is 1.05. The second-order valence-electron chi connectivity index (χ2n) is 2.98. The number of carboxylic acids is 1. The van der Waals surface area contributed by atoms with Crippen molar-refractivity contribution in [2.45, 2.75) is 6.43 Å². The number of alkyl halides is 2. The van der Waals surface area contributed by atoms with E-state index in [2.05, 4.69) is 4.98 Å². The van der Waals surface area contributed by atoms with Gasteiger partial charge in [-0.25, -0.2) is 18.6 Å². The van der Waals surface area contributed by atoms with Crippen LogP contribution in [0.3, 0.4) is 0 Å². The first-order valence-electron chi connectivity index (χ1n) is 4.19. The summed E-state index contributed by atoms with van der Waals surface area (Å²) in [6.07, 6.45) is -1.18. The fraction of sp³-hybridized carbons (Fsp3) is 0.333. The number of carbonyl (C=O) groups is 1. The summed E-state index contributed by atoms with van der Waals surface area (Å²) in [6, 6.07) is 2.72. The van der Waals surface area contributed by atoms with E-state index in [9.17, 15) is 13.6 Å². The molecule has 0 aliphatic rings. The predicted molar refractivity (Wildman–Crippen MR) is 50.5 cm³/mol. The van der Waals surface area contributed by atoms with E-state index in [1.165, 1.54) is 30.3 Å². The van der Waals surface area contributed by atoms with Gasteiger partial charge in [-0.05, 0) is 12.1 Å². The predicted octanol–water partition coefficient (Wildman–Crippen LogP) is 1.48. The molecule has 15 heavy (non-hydrogen) atoms. The molecule has 1 N–H and O–H groups in total. The van der Waals surface area contributed by atoms with Gasteiger partial charge in [-0.3, -0.25) is 0 Å². The third-order valence-corrected chi connectivity index (χ3v) is 1.82. The van der Waals surface area contributed by atoms with Crippen LogP contribution in [0.4, 0.5) is 14.5 Å². The number of aromatic carboxylic acids is 1. The fourth-order valence-electron chi connectivity index (χ4n) is 1.05. The molecule has 0 bridgehead atoms. The Bertz CT molecular complexity index is 340. The molecule has 0 spiro atoms. The van der Waals surface area contributed by atoms with Crippen LogP contribution in [0.15, 0.2) is 18.3 Å². The molecule has 1 aromatic heterocycles. The van der Waals surface area contributed by atoms with Crippen LogP contribution in [0.25, 0.3) is 0 Å². The summed E-state index contributed by atoms with van der Waals surface area (Å²) >= 11 is 0. The number of hydrogen-bond acceptors (Lipinski definition) is 3. The Morgan fingerprint density at radius 3 is 2.67 bits per heavy atom. The van der Waals surface area contributed by atoms with E-state index in [-0.39, 0.29) is 5.69 Å². The monoisotopic (exact) mass is 216 g/mol. The number of hydrogen-bond donors (Lipinski definition) is 1. The lowest BCUT2D eigenvalue weighted by atomic mass is 10.3. The average Bonchev–Trinajstić information content (AvgIpc) is 2.17. The van der Waals surface area contributed by atoms with Crippen molar-refractivity contribution >= 4 is 11.7 Å². The molecular formula is C9H10F2N2O2. The molecule has 4 nitrogen and oxygen atoms in total. The summed E-state index contributed by atoms with van der Waals surface area (Å²) in [5.74, 6) is -1.14. The molecule has 0 unspecified atom stereocenters. The summed E-state index contributed by atoms with van der Waals surface area (Å²) in [7, 11) is 1.49. The zero-order chi connectivity index (χ0) is 11.4. The molecular weight excluding hydrogens is 206 g/mol. The number of pyridine rings is 1. The van der Waals surface area contributed by atoms with Crippen molar-refractivity contribution < 1.29 is 18.7 Å². The van der Waals surface area contributed by atoms with Gasteiger partial charge in [-0.2, -0.15) is 0 Å². The van der Waals surface area contributed by atoms with Gasteiger partial charge in [0, 0.05) is 7.05 Å². The summed E-state index contributed by atoms with van der Waals surface area (Å²) in [6.45, 7) is -0.409. The number of nitrogens with zero attached hydrogens (tertiary/aromatic N) is 2. The van der Waals surface area contributed by atoms with Gasteiger partial charge < -0.3 is 10.0 Å². The third kappa shape index (κ3) is 3.16. The summed E-state index contributed by atoms with van der Waals surface area (Å²) < 4.78 is 24.0. The second-order valence-corrected chi connectivity index (χ2v) is 2.98. The Kier molecular flexibility index (Phi) is 3.54. The number of rotatable bonds is 4. The van der Waals surface area contributed by atoms with Crippen LogP contribution in [0.5, 0.6) is 0 Å². The van der Waals surface area contributed by atoms with Crippen molar-refractivity contribution in [3.8, 4) is 0 Å². The standard InChI is InChI=1S/C9H10F2N2O2/c1-13(5-8(10)11)6-2-3-7(9(14)15)12-4-6/h2-4,8H,5H2,1H3,(H,14,15). The van der Waals surface area contributed by atoms with Crippen molar-refractivity contribution in [2.75, 3.05) is 18.5 Å². The molecule has 0 saturated heterocycles. The van der Waals surface area contributed by atoms with Crippen molar-refractivity contribution in [1.29, 1.82) is 0 Å². The molecule has 1 aromatic rings. The Hall–Kier alpha value is -1.72. The molecule has 0 radical (unpaired) electrons. The topological polar surface area (TPSA) is 53.4 Å². The van der Waals surface area contributed by atoms with Crippen LogP contribution in [0.2, 0.25) is 0 Å². The zero-order valence-electron chi connectivity index (χ0n) is 8.02. The maximum absolute atomic E-state index is 12.0. The quantitative estimate of drug-likeness (QED) is 0.828. The number of anilines is 1. The molecule has 0 atom stereocenters. The molecule has 0 aliphatic carbocycles. The largest absolute Gasteiger partial charge is 0.477 e. The first-order chi connectivity index (χ1) is 7.00. The molecule has 0 aromatic carbocycles. The number of carboxylic acid groups (broad SMARTS) is 1. The van der Waals surface area contributed by atoms with Gasteiger partial charge >= 0.3 is 5.97 Å². The Labute approximate surface area is 85.2 Å². The Balaban J connectivity index is 2.75. The van der Waals surface area contributed by atoms with E-state index in [0.717, 1.165) is 0 Å². The van der Waals surface area contributed by atoms with E-state index in [1.54, 1.807) is 0 Å². The maximum atomic E-state index is 12.0. The molecule has 82 valence electrons. The van der Waals surface area contributed by atoms with E-state index in [1.807, 2.05) is 0 Å². The number of aromatic nitrogens is 1. The van der Waals surface area contributed by atoms with Crippen LogP contribution in [-0.2, 0) is 0 Å². The lowest BCUT2D eigenvalue weighted by molar-refractivity contribution is 0.0690. The highest BCUT2D eigenvalue weighted by molar-refractivity contribution is 5.85. The SMILES string of the molecule is CN(CC(F)F)c1ccc(C(=O)O)nc1. The van der Waals surface area contributed by atoms with Crippen LogP contribution < -0.4 is 4.90 Å². The van der Waals surface area contributed by atoms with Gasteiger partial charge in [-0.1, -0.05) is 0 Å². The minimum absolute atomic E-state index is 0.107. The van der Waals surface area contributed by atoms with E-state index in [4.69, 9.17) is 5.11 Å². The van der Waals surface area contributed by atoms with Crippen LogP contribution in [-0.4, -0.2) is 36.1 Å². The van der Waals surface area contributed by atoms with Crippen molar-refractivity contribution in [2.24, 2.45) is 0 Å². The van der Waals surface area contributed by atoms with Crippen molar-refractivity contribution in [1.82, 2.24) is 4.98 Å². The van der Waals surface area contributed by atoms with Crippen molar-refractivity contribution in [3.05, 3.63) is 24.0 Å². The van der Waals surface area contributed by atoms with Gasteiger partial charge in [-0.15, -0.1) is 0 Å². The highest BCUT2D eigenvalue weighted by atomic mass is 19.3. The smallest absolute Gasteiger partial charge is 0.354 e. The first-order valence-corrected chi connectivity index (χ1v) is 4.19. The van der Waals surface area contributed by atoms with Crippen LogP contribution in [0, 0.1) is 0 Å². The van der Waals surface area contributed by atoms with Gasteiger partial charge in [0.2, 0.25) is 0 Å². The van der Waals surface area contributed by atoms with E-state index < -0.39 is 18.9 Å². The minimum atomic E-state index is -2.44. The minimum Gasteiger partial charge on any atom is -0.477 e. The Morgan fingerprint density at radius 2 is 2.27 bits per heavy atom. The van der Waals surface area contributed by atoms with Crippen LogP contribution in [0.1, 0.15) is 10.5 Å². The average molecular weight is 216 g/mol. The molecule has 0 aliphatic heterocycles. The molecule has 1 rings (SSSR count). The third-order valence-electron chi connectivity index (χ3n) is 1.82. The van der Waals surface area contributed by atoms with Crippen LogP contribution >= 0.6 is 0 Å². The molecule has 6 heteroatoms.